The molecule has 0 radical (unpaired) electrons. The Kier molecular flexibility index (Phi) is 7.60. The van der Waals surface area contributed by atoms with Crippen molar-refractivity contribution < 1.29 is 4.79 Å². The largest absolute Gasteiger partial charge is 0.296 e. The molecule has 2 aromatic rings. The average molecular weight is 399 g/mol. The molecule has 0 aliphatic carbocycles. The molecular weight excluding hydrogens is 372 g/mol. The first kappa shape index (κ1) is 20.5. The summed E-state index contributed by atoms with van der Waals surface area (Å²) < 4.78 is 0. The van der Waals surface area contributed by atoms with E-state index in [1.54, 1.807) is 6.21 Å². The number of hydrogen-bond acceptors (Lipinski definition) is 4. The van der Waals surface area contributed by atoms with Gasteiger partial charge in [0.2, 0.25) is 0 Å². The lowest BCUT2D eigenvalue weighted by Gasteiger charge is -2.34. The molecule has 0 aromatic heterocycles. The highest BCUT2D eigenvalue weighted by molar-refractivity contribution is 6.31. The first-order chi connectivity index (χ1) is 13.6. The third-order valence-electron chi connectivity index (χ3n) is 4.97. The third-order valence-corrected chi connectivity index (χ3v) is 5.34. The Morgan fingerprint density at radius 1 is 1.07 bits per heavy atom. The fraction of sp³-hybridized carbons (Fsp3) is 0.364. The lowest BCUT2D eigenvalue weighted by Crippen LogP contribution is -2.48. The minimum Gasteiger partial charge on any atom is -0.296 e. The van der Waals surface area contributed by atoms with E-state index in [1.165, 1.54) is 5.56 Å². The third kappa shape index (κ3) is 6.16. The van der Waals surface area contributed by atoms with Gasteiger partial charge in [-0.15, -0.1) is 0 Å². The maximum absolute atomic E-state index is 12.1. The van der Waals surface area contributed by atoms with Gasteiger partial charge in [0, 0.05) is 37.7 Å². The maximum Gasteiger partial charge on any atom is 0.254 e. The van der Waals surface area contributed by atoms with E-state index in [4.69, 9.17) is 11.6 Å². The van der Waals surface area contributed by atoms with Crippen molar-refractivity contribution in [3.8, 4) is 0 Å². The first-order valence-electron chi connectivity index (χ1n) is 9.73. The number of carbonyl (C=O) groups excluding carboxylic acids is 1. The van der Waals surface area contributed by atoms with Gasteiger partial charge in [-0.2, -0.15) is 5.10 Å². The Balaban J connectivity index is 1.38. The highest BCUT2D eigenvalue weighted by atomic mass is 35.5. The monoisotopic (exact) mass is 398 g/mol. The van der Waals surface area contributed by atoms with Gasteiger partial charge >= 0.3 is 0 Å². The van der Waals surface area contributed by atoms with Crippen LogP contribution in [-0.4, -0.2) is 54.6 Å². The number of hydrogen-bond donors (Lipinski definition) is 1. The second-order valence-electron chi connectivity index (χ2n) is 7.03. The summed E-state index contributed by atoms with van der Waals surface area (Å²) >= 11 is 6.25. The number of rotatable bonds is 7. The smallest absolute Gasteiger partial charge is 0.254 e. The minimum atomic E-state index is -0.0824. The molecular formula is C22H27ClN4O. The zero-order chi connectivity index (χ0) is 19.8. The number of hydrazone groups is 1. The van der Waals surface area contributed by atoms with Crippen LogP contribution in [0.3, 0.4) is 0 Å². The highest BCUT2D eigenvalue weighted by Gasteiger charge is 2.19. The molecule has 28 heavy (non-hydrogen) atoms. The van der Waals surface area contributed by atoms with E-state index >= 15 is 0 Å². The molecule has 1 aliphatic heterocycles. The minimum absolute atomic E-state index is 0.0824. The molecule has 0 bridgehead atoms. The summed E-state index contributed by atoms with van der Waals surface area (Å²) in [7, 11) is 0. The van der Waals surface area contributed by atoms with Crippen molar-refractivity contribution >= 4 is 23.7 Å². The van der Waals surface area contributed by atoms with E-state index in [-0.39, 0.29) is 5.91 Å². The van der Waals surface area contributed by atoms with E-state index in [2.05, 4.69) is 45.4 Å². The zero-order valence-corrected chi connectivity index (χ0v) is 17.0. The van der Waals surface area contributed by atoms with E-state index in [9.17, 15) is 4.79 Å². The standard InChI is InChI=1S/C22H27ClN4O/c1-2-18-7-9-19(10-8-18)15-24-25-22(28)17-27-13-11-26(12-14-27)16-20-5-3-4-6-21(20)23/h3-10,15H,2,11-14,16-17H2,1H3,(H,25,28)/b24-15+. The number of aryl methyl sites for hydroxylation is 1. The van der Waals surface area contributed by atoms with Gasteiger partial charge in [-0.3, -0.25) is 14.6 Å². The molecule has 1 fully saturated rings. The average Bonchev–Trinajstić information content (AvgIpc) is 2.72. The topological polar surface area (TPSA) is 47.9 Å². The summed E-state index contributed by atoms with van der Waals surface area (Å²) in [6.45, 7) is 6.91. The van der Waals surface area contributed by atoms with Crippen LogP contribution in [0.2, 0.25) is 5.02 Å². The van der Waals surface area contributed by atoms with Gasteiger partial charge in [0.1, 0.15) is 0 Å². The van der Waals surface area contributed by atoms with Crippen LogP contribution in [0.4, 0.5) is 0 Å². The summed E-state index contributed by atoms with van der Waals surface area (Å²) in [5.41, 5.74) is 6.04. The lowest BCUT2D eigenvalue weighted by molar-refractivity contribution is -0.122. The fourth-order valence-corrected chi connectivity index (χ4v) is 3.43. The second-order valence-corrected chi connectivity index (χ2v) is 7.44. The number of carbonyl (C=O) groups is 1. The number of piperazine rings is 1. The van der Waals surface area contributed by atoms with Crippen LogP contribution < -0.4 is 5.43 Å². The Bertz CT molecular complexity index is 798. The molecule has 0 saturated carbocycles. The molecule has 0 unspecified atom stereocenters. The molecule has 0 atom stereocenters. The van der Waals surface area contributed by atoms with Gasteiger partial charge in [0.05, 0.1) is 12.8 Å². The van der Waals surface area contributed by atoms with Gasteiger partial charge in [0.25, 0.3) is 5.91 Å². The van der Waals surface area contributed by atoms with Crippen LogP contribution >= 0.6 is 11.6 Å². The van der Waals surface area contributed by atoms with E-state index in [0.29, 0.717) is 6.54 Å². The highest BCUT2D eigenvalue weighted by Crippen LogP contribution is 2.17. The number of nitrogens with one attached hydrogen (secondary N) is 1. The number of nitrogens with zero attached hydrogens (tertiary/aromatic N) is 3. The van der Waals surface area contributed by atoms with Crippen molar-refractivity contribution in [3.63, 3.8) is 0 Å². The predicted octanol–water partition coefficient (Wildman–Crippen LogP) is 3.17. The molecule has 1 saturated heterocycles. The lowest BCUT2D eigenvalue weighted by atomic mass is 10.1. The number of amides is 1. The van der Waals surface area contributed by atoms with Gasteiger partial charge in [-0.05, 0) is 29.2 Å². The van der Waals surface area contributed by atoms with Crippen molar-refractivity contribution in [2.24, 2.45) is 5.10 Å². The second kappa shape index (κ2) is 10.4. The molecule has 3 rings (SSSR count). The zero-order valence-electron chi connectivity index (χ0n) is 16.3. The Hall–Kier alpha value is -2.21. The van der Waals surface area contributed by atoms with Gasteiger partial charge in [-0.25, -0.2) is 5.43 Å². The van der Waals surface area contributed by atoms with Crippen LogP contribution in [0.15, 0.2) is 53.6 Å². The summed E-state index contributed by atoms with van der Waals surface area (Å²) in [5.74, 6) is -0.0824. The van der Waals surface area contributed by atoms with Crippen molar-refractivity contribution in [3.05, 3.63) is 70.2 Å². The van der Waals surface area contributed by atoms with Crippen LogP contribution in [0.25, 0.3) is 0 Å². The Labute approximate surface area is 172 Å². The quantitative estimate of drug-likeness (QED) is 0.575. The van der Waals surface area contributed by atoms with Crippen LogP contribution in [-0.2, 0) is 17.8 Å². The SMILES string of the molecule is CCc1ccc(/C=N/NC(=O)CN2CCN(Cc3ccccc3Cl)CC2)cc1. The molecule has 1 aliphatic rings. The predicted molar refractivity (Wildman–Crippen MR) is 115 cm³/mol. The van der Waals surface area contributed by atoms with Crippen molar-refractivity contribution in [1.29, 1.82) is 0 Å². The number of halogens is 1. The molecule has 5 nitrogen and oxygen atoms in total. The number of benzene rings is 2. The summed E-state index contributed by atoms with van der Waals surface area (Å²) in [6.07, 6.45) is 2.69. The molecule has 1 amide bonds. The Morgan fingerprint density at radius 2 is 1.75 bits per heavy atom. The molecule has 1 N–H and O–H groups in total. The summed E-state index contributed by atoms with van der Waals surface area (Å²) in [5, 5.41) is 4.88. The molecule has 0 spiro atoms. The van der Waals surface area contributed by atoms with E-state index in [0.717, 1.165) is 55.3 Å². The Morgan fingerprint density at radius 3 is 2.43 bits per heavy atom. The van der Waals surface area contributed by atoms with Crippen LogP contribution in [0.5, 0.6) is 0 Å². The van der Waals surface area contributed by atoms with Crippen LogP contribution in [0, 0.1) is 0 Å². The normalized spacial score (nSPS) is 15.8. The molecule has 2 aromatic carbocycles. The molecule has 148 valence electrons. The van der Waals surface area contributed by atoms with E-state index in [1.807, 2.05) is 30.3 Å². The van der Waals surface area contributed by atoms with E-state index < -0.39 is 0 Å². The van der Waals surface area contributed by atoms with Gasteiger partial charge in [0.15, 0.2) is 0 Å². The molecule has 6 heteroatoms. The maximum atomic E-state index is 12.1. The van der Waals surface area contributed by atoms with Crippen molar-refractivity contribution in [2.45, 2.75) is 19.9 Å². The summed E-state index contributed by atoms with van der Waals surface area (Å²) in [4.78, 5) is 16.6. The van der Waals surface area contributed by atoms with Gasteiger partial charge < -0.3 is 0 Å². The fourth-order valence-electron chi connectivity index (χ4n) is 3.23. The van der Waals surface area contributed by atoms with Crippen LogP contribution in [0.1, 0.15) is 23.6 Å². The van der Waals surface area contributed by atoms with Crippen molar-refractivity contribution in [2.75, 3.05) is 32.7 Å². The molecule has 1 heterocycles. The van der Waals surface area contributed by atoms with Crippen molar-refractivity contribution in [1.82, 2.24) is 15.2 Å². The first-order valence-corrected chi connectivity index (χ1v) is 10.1. The summed E-state index contributed by atoms with van der Waals surface area (Å²) in [6, 6.07) is 16.1. The van der Waals surface area contributed by atoms with Gasteiger partial charge in [-0.1, -0.05) is 61.0 Å².